The molecule has 78 valence electrons. The first-order valence-electron chi connectivity index (χ1n) is 5.12. The van der Waals surface area contributed by atoms with Crippen LogP contribution in [0.25, 0.3) is 0 Å². The van der Waals surface area contributed by atoms with Crippen LogP contribution in [0.3, 0.4) is 0 Å². The van der Waals surface area contributed by atoms with Crippen LogP contribution in [0.15, 0.2) is 0 Å². The predicted octanol–water partition coefficient (Wildman–Crippen LogP) is 3.57. The van der Waals surface area contributed by atoms with E-state index in [9.17, 15) is 0 Å². The number of hydrogen-bond donors (Lipinski definition) is 1. The summed E-state index contributed by atoms with van der Waals surface area (Å²) in [6, 6.07) is 0. The van der Waals surface area contributed by atoms with Crippen molar-refractivity contribution in [2.24, 2.45) is 11.7 Å². The summed E-state index contributed by atoms with van der Waals surface area (Å²) in [4.78, 5) is 0. The van der Waals surface area contributed by atoms with Gasteiger partial charge in [0.15, 0.2) is 0 Å². The number of nitrogens with two attached hydrogens (primary N) is 1. The second-order valence-electron chi connectivity index (χ2n) is 3.43. The van der Waals surface area contributed by atoms with Gasteiger partial charge in [0, 0.05) is 5.75 Å². The Hall–Kier alpha value is 0.240. The Morgan fingerprint density at radius 3 is 2.46 bits per heavy atom. The summed E-state index contributed by atoms with van der Waals surface area (Å²) >= 11 is 6.49. The van der Waals surface area contributed by atoms with Gasteiger partial charge in [0.1, 0.15) is 4.32 Å². The Labute approximate surface area is 91.8 Å². The second-order valence-corrected chi connectivity index (χ2v) is 5.19. The van der Waals surface area contributed by atoms with Gasteiger partial charge >= 0.3 is 0 Å². The van der Waals surface area contributed by atoms with Gasteiger partial charge in [0.05, 0.1) is 0 Å². The molecule has 3 heteroatoms. The summed E-state index contributed by atoms with van der Waals surface area (Å²) in [6.45, 7) is 4.48. The molecule has 0 amide bonds. The van der Waals surface area contributed by atoms with Crippen molar-refractivity contribution < 1.29 is 0 Å². The lowest BCUT2D eigenvalue weighted by Crippen LogP contribution is -2.09. The third-order valence-electron chi connectivity index (χ3n) is 2.12. The molecule has 13 heavy (non-hydrogen) atoms. The molecule has 0 bridgehead atoms. The van der Waals surface area contributed by atoms with Gasteiger partial charge in [-0.05, 0) is 18.8 Å². The van der Waals surface area contributed by atoms with E-state index in [1.54, 1.807) is 11.8 Å². The predicted molar refractivity (Wildman–Crippen MR) is 67.2 cm³/mol. The highest BCUT2D eigenvalue weighted by atomic mass is 32.2. The lowest BCUT2D eigenvalue weighted by Gasteiger charge is -2.14. The van der Waals surface area contributed by atoms with Crippen LogP contribution in [0.4, 0.5) is 0 Å². The van der Waals surface area contributed by atoms with Crippen LogP contribution in [0.5, 0.6) is 0 Å². The fourth-order valence-electron chi connectivity index (χ4n) is 1.41. The maximum Gasteiger partial charge on any atom is 0.131 e. The van der Waals surface area contributed by atoms with Gasteiger partial charge in [-0.25, -0.2) is 0 Å². The largest absolute Gasteiger partial charge is 0.385 e. The molecule has 0 aromatic carbocycles. The lowest BCUT2D eigenvalue weighted by atomic mass is 9.99. The van der Waals surface area contributed by atoms with E-state index in [0.717, 1.165) is 11.7 Å². The van der Waals surface area contributed by atoms with E-state index in [-0.39, 0.29) is 0 Å². The molecule has 2 N–H and O–H groups in total. The first kappa shape index (κ1) is 13.2. The Kier molecular flexibility index (Phi) is 8.98. The summed E-state index contributed by atoms with van der Waals surface area (Å²) in [5, 5.41) is 0. The molecule has 0 aromatic heterocycles. The highest BCUT2D eigenvalue weighted by Crippen LogP contribution is 2.19. The third-order valence-corrected chi connectivity index (χ3v) is 3.40. The van der Waals surface area contributed by atoms with Gasteiger partial charge in [-0.2, -0.15) is 0 Å². The van der Waals surface area contributed by atoms with E-state index in [1.807, 2.05) is 0 Å². The molecule has 0 aliphatic carbocycles. The van der Waals surface area contributed by atoms with Gasteiger partial charge in [-0.15, -0.1) is 0 Å². The van der Waals surface area contributed by atoms with Crippen LogP contribution in [-0.4, -0.2) is 10.1 Å². The zero-order chi connectivity index (χ0) is 10.1. The van der Waals surface area contributed by atoms with E-state index >= 15 is 0 Å². The molecule has 1 nitrogen and oxygen atoms in total. The summed E-state index contributed by atoms with van der Waals surface area (Å²) < 4.78 is 0.595. The van der Waals surface area contributed by atoms with E-state index in [4.69, 9.17) is 18.0 Å². The number of thioether (sulfide) groups is 1. The van der Waals surface area contributed by atoms with E-state index < -0.39 is 0 Å². The zero-order valence-corrected chi connectivity index (χ0v) is 10.3. The van der Waals surface area contributed by atoms with Crippen molar-refractivity contribution in [2.45, 2.75) is 46.0 Å². The fraction of sp³-hybridized carbons (Fsp3) is 0.900. The maximum atomic E-state index is 5.46. The van der Waals surface area contributed by atoms with Crippen LogP contribution in [0, 0.1) is 5.92 Å². The zero-order valence-electron chi connectivity index (χ0n) is 8.71. The quantitative estimate of drug-likeness (QED) is 0.663. The van der Waals surface area contributed by atoms with Crippen LogP contribution in [-0.2, 0) is 0 Å². The topological polar surface area (TPSA) is 26.0 Å². The molecular formula is C10H21NS2. The molecular weight excluding hydrogens is 198 g/mol. The second kappa shape index (κ2) is 8.82. The van der Waals surface area contributed by atoms with Gasteiger partial charge in [0.2, 0.25) is 0 Å². The first-order chi connectivity index (χ1) is 6.20. The minimum Gasteiger partial charge on any atom is -0.385 e. The Morgan fingerprint density at radius 2 is 2.00 bits per heavy atom. The number of hydrogen-bond acceptors (Lipinski definition) is 2. The van der Waals surface area contributed by atoms with Crippen molar-refractivity contribution in [1.82, 2.24) is 0 Å². The summed E-state index contributed by atoms with van der Waals surface area (Å²) in [5.74, 6) is 1.93. The number of thiocarbonyl (C=S) groups is 1. The minimum absolute atomic E-state index is 0.595. The van der Waals surface area contributed by atoms with Crippen LogP contribution in [0.1, 0.15) is 46.0 Å². The van der Waals surface area contributed by atoms with E-state index in [2.05, 4.69) is 13.8 Å². The molecule has 1 atom stereocenters. The van der Waals surface area contributed by atoms with Crippen molar-refractivity contribution in [3.63, 3.8) is 0 Å². The number of unbranched alkanes of at least 4 members (excludes halogenated alkanes) is 1. The van der Waals surface area contributed by atoms with Crippen LogP contribution in [0.2, 0.25) is 0 Å². The van der Waals surface area contributed by atoms with Crippen LogP contribution >= 0.6 is 24.0 Å². The third kappa shape index (κ3) is 8.57. The minimum atomic E-state index is 0.595. The molecule has 0 spiro atoms. The first-order valence-corrected chi connectivity index (χ1v) is 6.52. The van der Waals surface area contributed by atoms with Gasteiger partial charge in [-0.1, -0.05) is 57.1 Å². The molecule has 0 saturated heterocycles. The Morgan fingerprint density at radius 1 is 1.31 bits per heavy atom. The maximum absolute atomic E-state index is 5.46. The molecule has 0 heterocycles. The summed E-state index contributed by atoms with van der Waals surface area (Å²) in [6.07, 6.45) is 6.54. The fourth-order valence-corrected chi connectivity index (χ4v) is 2.35. The molecule has 0 fully saturated rings. The molecule has 0 aliphatic heterocycles. The standard InChI is InChI=1S/C10H21NS2/c1-3-5-7-9(6-4-2)8-13-10(11)12/h9H,3-8H2,1-2H3,(H2,11,12). The summed E-state index contributed by atoms with van der Waals surface area (Å²) in [5.41, 5.74) is 5.46. The van der Waals surface area contributed by atoms with Gasteiger partial charge < -0.3 is 5.73 Å². The average Bonchev–Trinajstić information content (AvgIpc) is 2.09. The van der Waals surface area contributed by atoms with Crippen molar-refractivity contribution in [3.8, 4) is 0 Å². The van der Waals surface area contributed by atoms with Crippen LogP contribution < -0.4 is 5.73 Å². The Bertz CT molecular complexity index is 137. The molecule has 0 aromatic rings. The van der Waals surface area contributed by atoms with Crippen molar-refractivity contribution >= 4 is 28.3 Å². The molecule has 0 radical (unpaired) electrons. The van der Waals surface area contributed by atoms with Crippen molar-refractivity contribution in [2.75, 3.05) is 5.75 Å². The summed E-state index contributed by atoms with van der Waals surface area (Å²) in [7, 11) is 0. The molecule has 0 aliphatic rings. The van der Waals surface area contributed by atoms with Gasteiger partial charge in [0.25, 0.3) is 0 Å². The SMILES string of the molecule is CCCCC(CCC)CSC(N)=S. The highest BCUT2D eigenvalue weighted by Gasteiger charge is 2.07. The normalized spacial score (nSPS) is 12.8. The molecule has 1 unspecified atom stereocenters. The molecule has 0 rings (SSSR count). The van der Waals surface area contributed by atoms with E-state index in [1.165, 1.54) is 32.1 Å². The smallest absolute Gasteiger partial charge is 0.131 e. The van der Waals surface area contributed by atoms with Gasteiger partial charge in [-0.3, -0.25) is 0 Å². The van der Waals surface area contributed by atoms with Crippen molar-refractivity contribution in [3.05, 3.63) is 0 Å². The lowest BCUT2D eigenvalue weighted by molar-refractivity contribution is 0.474. The average molecular weight is 219 g/mol. The van der Waals surface area contributed by atoms with Crippen molar-refractivity contribution in [1.29, 1.82) is 0 Å². The van der Waals surface area contributed by atoms with E-state index in [0.29, 0.717) is 4.32 Å². The highest BCUT2D eigenvalue weighted by molar-refractivity contribution is 8.22. The number of rotatable bonds is 7. The Balaban J connectivity index is 3.59. The molecule has 0 saturated carbocycles. The monoisotopic (exact) mass is 219 g/mol.